The van der Waals surface area contributed by atoms with E-state index in [4.69, 9.17) is 5.73 Å². The number of nitrogens with zero attached hydrogens (tertiary/aromatic N) is 2. The normalized spacial score (nSPS) is 10.1. The van der Waals surface area contributed by atoms with Crippen LogP contribution in [0.1, 0.15) is 11.1 Å². The van der Waals surface area contributed by atoms with Crippen molar-refractivity contribution in [1.29, 1.82) is 0 Å². The first kappa shape index (κ1) is 13.6. The molecular formula is C11H12ClF2N3. The monoisotopic (exact) mass is 259 g/mol. The van der Waals surface area contributed by atoms with Gasteiger partial charge in [-0.25, -0.2) is 8.78 Å². The molecule has 92 valence electrons. The van der Waals surface area contributed by atoms with E-state index in [9.17, 15) is 8.78 Å². The fourth-order valence-corrected chi connectivity index (χ4v) is 1.42. The molecule has 0 unspecified atom stereocenters. The van der Waals surface area contributed by atoms with Gasteiger partial charge in [-0.15, -0.1) is 12.4 Å². The number of halogens is 3. The number of benzene rings is 1. The largest absolute Gasteiger partial charge is 0.326 e. The summed E-state index contributed by atoms with van der Waals surface area (Å²) >= 11 is 0. The van der Waals surface area contributed by atoms with Crippen LogP contribution < -0.4 is 5.73 Å². The fourth-order valence-electron chi connectivity index (χ4n) is 1.42. The Hall–Kier alpha value is -1.46. The SMILES string of the molecule is Cl.NCc1cnn(Cc2ccc(F)c(F)c2)c1. The fraction of sp³-hybridized carbons (Fsp3) is 0.182. The molecule has 1 aromatic carbocycles. The third kappa shape index (κ3) is 3.25. The van der Waals surface area contributed by atoms with E-state index in [0.717, 1.165) is 11.6 Å². The summed E-state index contributed by atoms with van der Waals surface area (Å²) in [4.78, 5) is 0. The first-order chi connectivity index (χ1) is 7.69. The molecule has 17 heavy (non-hydrogen) atoms. The molecule has 0 amide bonds. The van der Waals surface area contributed by atoms with Crippen LogP contribution in [0.3, 0.4) is 0 Å². The highest BCUT2D eigenvalue weighted by Crippen LogP contribution is 2.10. The zero-order chi connectivity index (χ0) is 11.5. The highest BCUT2D eigenvalue weighted by Gasteiger charge is 2.03. The molecule has 6 heteroatoms. The second-order valence-electron chi connectivity index (χ2n) is 3.50. The van der Waals surface area contributed by atoms with Crippen LogP contribution in [0.2, 0.25) is 0 Å². The summed E-state index contributed by atoms with van der Waals surface area (Å²) in [5, 5.41) is 4.05. The molecule has 0 saturated heterocycles. The number of aromatic nitrogens is 2. The van der Waals surface area contributed by atoms with Crippen molar-refractivity contribution in [2.75, 3.05) is 0 Å². The van der Waals surface area contributed by atoms with E-state index >= 15 is 0 Å². The van der Waals surface area contributed by atoms with E-state index in [2.05, 4.69) is 5.10 Å². The third-order valence-electron chi connectivity index (χ3n) is 2.25. The number of rotatable bonds is 3. The molecule has 3 nitrogen and oxygen atoms in total. The van der Waals surface area contributed by atoms with Crippen molar-refractivity contribution >= 4 is 12.4 Å². The van der Waals surface area contributed by atoms with Crippen molar-refractivity contribution in [3.8, 4) is 0 Å². The number of hydrogen-bond acceptors (Lipinski definition) is 2. The molecule has 1 heterocycles. The summed E-state index contributed by atoms with van der Waals surface area (Å²) in [6.07, 6.45) is 3.43. The van der Waals surface area contributed by atoms with Gasteiger partial charge >= 0.3 is 0 Å². The van der Waals surface area contributed by atoms with E-state index in [1.807, 2.05) is 0 Å². The van der Waals surface area contributed by atoms with Crippen LogP contribution in [-0.4, -0.2) is 9.78 Å². The minimum atomic E-state index is -0.844. The summed E-state index contributed by atoms with van der Waals surface area (Å²) in [6.45, 7) is 0.814. The number of nitrogens with two attached hydrogens (primary N) is 1. The predicted molar refractivity (Wildman–Crippen MR) is 62.8 cm³/mol. The molecule has 2 aromatic rings. The summed E-state index contributed by atoms with van der Waals surface area (Å²) in [5.74, 6) is -1.68. The maximum Gasteiger partial charge on any atom is 0.159 e. The Bertz CT molecular complexity index is 499. The van der Waals surface area contributed by atoms with Crippen molar-refractivity contribution in [3.05, 3.63) is 53.4 Å². The smallest absolute Gasteiger partial charge is 0.159 e. The molecule has 0 aliphatic rings. The van der Waals surface area contributed by atoms with Crippen molar-refractivity contribution in [1.82, 2.24) is 9.78 Å². The molecule has 0 radical (unpaired) electrons. The molecule has 0 aliphatic carbocycles. The maximum atomic E-state index is 12.9. The van der Waals surface area contributed by atoms with Gasteiger partial charge in [0.1, 0.15) is 0 Å². The minimum Gasteiger partial charge on any atom is -0.326 e. The summed E-state index contributed by atoms with van der Waals surface area (Å²) in [5.41, 5.74) is 7.00. The van der Waals surface area contributed by atoms with Gasteiger partial charge in [-0.05, 0) is 17.7 Å². The summed E-state index contributed by atoms with van der Waals surface area (Å²) < 4.78 is 27.2. The van der Waals surface area contributed by atoms with Gasteiger partial charge in [-0.1, -0.05) is 6.07 Å². The quantitative estimate of drug-likeness (QED) is 0.917. The van der Waals surface area contributed by atoms with Gasteiger partial charge in [0.05, 0.1) is 12.7 Å². The van der Waals surface area contributed by atoms with Gasteiger partial charge in [-0.3, -0.25) is 4.68 Å². The van der Waals surface area contributed by atoms with Gasteiger partial charge in [-0.2, -0.15) is 5.10 Å². The van der Waals surface area contributed by atoms with Crippen molar-refractivity contribution in [3.63, 3.8) is 0 Å². The Morgan fingerprint density at radius 2 is 1.94 bits per heavy atom. The second kappa shape index (κ2) is 5.75. The third-order valence-corrected chi connectivity index (χ3v) is 2.25. The standard InChI is InChI=1S/C11H11F2N3.ClH/c12-10-2-1-8(3-11(10)13)6-16-7-9(4-14)5-15-16;/h1-3,5,7H,4,6,14H2;1H. The van der Waals surface area contributed by atoms with Gasteiger partial charge in [0.25, 0.3) is 0 Å². The first-order valence-electron chi connectivity index (χ1n) is 4.84. The average Bonchev–Trinajstić information content (AvgIpc) is 2.71. The van der Waals surface area contributed by atoms with Crippen molar-refractivity contribution < 1.29 is 8.78 Å². The van der Waals surface area contributed by atoms with E-state index in [0.29, 0.717) is 18.7 Å². The molecule has 2 N–H and O–H groups in total. The van der Waals surface area contributed by atoms with Crippen LogP contribution in [0.15, 0.2) is 30.6 Å². The van der Waals surface area contributed by atoms with Crippen LogP contribution in [0.4, 0.5) is 8.78 Å². The van der Waals surface area contributed by atoms with E-state index < -0.39 is 11.6 Å². The molecule has 0 bridgehead atoms. The number of hydrogen-bond donors (Lipinski definition) is 1. The van der Waals surface area contributed by atoms with Gasteiger partial charge < -0.3 is 5.73 Å². The Balaban J connectivity index is 0.00000144. The molecule has 0 atom stereocenters. The predicted octanol–water partition coefficient (Wildman–Crippen LogP) is 2.09. The molecule has 0 spiro atoms. The molecule has 0 aliphatic heterocycles. The Morgan fingerprint density at radius 3 is 2.53 bits per heavy atom. The molecule has 0 fully saturated rings. The Kier molecular flexibility index (Phi) is 4.60. The molecule has 0 saturated carbocycles. The summed E-state index contributed by atoms with van der Waals surface area (Å²) in [6, 6.07) is 3.80. The lowest BCUT2D eigenvalue weighted by Gasteiger charge is -2.02. The van der Waals surface area contributed by atoms with Gasteiger partial charge in [0.2, 0.25) is 0 Å². The van der Waals surface area contributed by atoms with Crippen molar-refractivity contribution in [2.24, 2.45) is 5.73 Å². The van der Waals surface area contributed by atoms with Crippen LogP contribution in [-0.2, 0) is 13.1 Å². The highest BCUT2D eigenvalue weighted by atomic mass is 35.5. The Morgan fingerprint density at radius 1 is 1.18 bits per heavy atom. The average molecular weight is 260 g/mol. The van der Waals surface area contributed by atoms with Crippen molar-refractivity contribution in [2.45, 2.75) is 13.1 Å². The lowest BCUT2D eigenvalue weighted by atomic mass is 10.2. The molecular weight excluding hydrogens is 248 g/mol. The van der Waals surface area contributed by atoms with E-state index in [1.54, 1.807) is 17.1 Å². The maximum absolute atomic E-state index is 12.9. The van der Waals surface area contributed by atoms with Gasteiger partial charge in [0, 0.05) is 18.3 Å². The van der Waals surface area contributed by atoms with Gasteiger partial charge in [0.15, 0.2) is 11.6 Å². The first-order valence-corrected chi connectivity index (χ1v) is 4.84. The zero-order valence-electron chi connectivity index (χ0n) is 8.94. The van der Waals surface area contributed by atoms with E-state index in [-0.39, 0.29) is 12.4 Å². The van der Waals surface area contributed by atoms with Crippen LogP contribution in [0.25, 0.3) is 0 Å². The van der Waals surface area contributed by atoms with E-state index in [1.165, 1.54) is 12.1 Å². The summed E-state index contributed by atoms with van der Waals surface area (Å²) in [7, 11) is 0. The Labute approximate surface area is 104 Å². The lowest BCUT2D eigenvalue weighted by molar-refractivity contribution is 0.506. The molecule has 1 aromatic heterocycles. The van der Waals surface area contributed by atoms with Crippen LogP contribution >= 0.6 is 12.4 Å². The molecule has 2 rings (SSSR count). The zero-order valence-corrected chi connectivity index (χ0v) is 9.75. The topological polar surface area (TPSA) is 43.8 Å². The minimum absolute atomic E-state index is 0. The lowest BCUT2D eigenvalue weighted by Crippen LogP contribution is -2.01. The van der Waals surface area contributed by atoms with Crippen LogP contribution in [0.5, 0.6) is 0 Å². The second-order valence-corrected chi connectivity index (χ2v) is 3.50. The van der Waals surface area contributed by atoms with Crippen LogP contribution in [0, 0.1) is 11.6 Å². The highest BCUT2D eigenvalue weighted by molar-refractivity contribution is 5.85.